The average molecular weight is 1070 g/mol. The molecule has 0 N–H and O–H groups in total. The van der Waals surface area contributed by atoms with Crippen LogP contribution < -0.4 is 0 Å². The molecule has 416 valence electrons. The molecule has 0 spiro atoms. The molecule has 71 heavy (non-hydrogen) atoms. The van der Waals surface area contributed by atoms with Crippen molar-refractivity contribution < 1.29 is 57.2 Å². The Morgan fingerprint density at radius 1 is 0.366 bits per heavy atom. The second kappa shape index (κ2) is 48.7. The molecule has 3 atom stereocenters. The van der Waals surface area contributed by atoms with Gasteiger partial charge in [-0.1, -0.05) is 99.3 Å². The molecule has 15 nitrogen and oxygen atoms in total. The van der Waals surface area contributed by atoms with Crippen LogP contribution >= 0.6 is 35.3 Å². The van der Waals surface area contributed by atoms with E-state index in [1.165, 1.54) is 57.8 Å². The molecular weight excluding hydrogens is 967 g/mol. The van der Waals surface area contributed by atoms with Gasteiger partial charge in [0, 0.05) is 36.9 Å². The highest BCUT2D eigenvalue weighted by Gasteiger charge is 2.19. The highest BCUT2D eigenvalue weighted by atomic mass is 32.2. The summed E-state index contributed by atoms with van der Waals surface area (Å²) in [5, 5.41) is 0. The number of hydrogen-bond donors (Lipinski definition) is 0. The Balaban J connectivity index is 5.16. The second-order valence-electron chi connectivity index (χ2n) is 18.7. The first kappa shape index (κ1) is 68.8. The lowest BCUT2D eigenvalue weighted by atomic mass is 10.2. The van der Waals surface area contributed by atoms with Gasteiger partial charge in [0.15, 0.2) is 0 Å². The standard InChI is InChI=1S/C53H99N3O12S3/c1-9-12-15-18-39-69-42-45(4)51(60)66-36-33-63-48(57)23-30-55(27-21-26-54(7)8)28-22-29-56(31-24-49(58)64-34-37-67-52(61)46(5)43-70-40-19-16-13-10-2)32-25-50(59)65-35-38-68-53(62)47(6)44-71-41-20-17-14-11-3/h45-47H,9-44H2,1-8H3. The Labute approximate surface area is 443 Å². The number of carbonyl (C=O) groups is 6. The van der Waals surface area contributed by atoms with Crippen LogP contribution in [0.1, 0.15) is 151 Å². The van der Waals surface area contributed by atoms with Crippen LogP contribution in [0.3, 0.4) is 0 Å². The molecule has 3 unspecified atom stereocenters. The van der Waals surface area contributed by atoms with E-state index in [1.807, 2.05) is 39.8 Å². The molecule has 0 heterocycles. The van der Waals surface area contributed by atoms with Gasteiger partial charge in [0.1, 0.15) is 39.6 Å². The zero-order valence-electron chi connectivity index (χ0n) is 45.7. The molecule has 0 aliphatic rings. The maximum atomic E-state index is 12.8. The van der Waals surface area contributed by atoms with Gasteiger partial charge >= 0.3 is 35.8 Å². The molecular formula is C53H99N3O12S3. The summed E-state index contributed by atoms with van der Waals surface area (Å²) < 4.78 is 32.4. The summed E-state index contributed by atoms with van der Waals surface area (Å²) in [4.78, 5) is 82.1. The van der Waals surface area contributed by atoms with E-state index >= 15 is 0 Å². The molecule has 0 bridgehead atoms. The molecule has 0 saturated carbocycles. The molecule has 0 aliphatic carbocycles. The lowest BCUT2D eigenvalue weighted by molar-refractivity contribution is -0.154. The first-order valence-electron chi connectivity index (χ1n) is 27.0. The van der Waals surface area contributed by atoms with E-state index in [9.17, 15) is 28.8 Å². The zero-order chi connectivity index (χ0) is 52.7. The van der Waals surface area contributed by atoms with Crippen LogP contribution in [0.2, 0.25) is 0 Å². The van der Waals surface area contributed by atoms with Gasteiger partial charge < -0.3 is 43.1 Å². The summed E-state index contributed by atoms with van der Waals surface area (Å²) in [6.07, 6.45) is 16.2. The first-order chi connectivity index (χ1) is 34.2. The lowest BCUT2D eigenvalue weighted by Crippen LogP contribution is -2.35. The van der Waals surface area contributed by atoms with Crippen LogP contribution in [0, 0.1) is 17.8 Å². The average Bonchev–Trinajstić information content (AvgIpc) is 3.35. The Morgan fingerprint density at radius 2 is 0.648 bits per heavy atom. The van der Waals surface area contributed by atoms with Crippen molar-refractivity contribution in [1.82, 2.24) is 14.7 Å². The third-order valence-electron chi connectivity index (χ3n) is 11.4. The van der Waals surface area contributed by atoms with Gasteiger partial charge in [-0.15, -0.1) is 0 Å². The molecule has 0 fully saturated rings. The predicted molar refractivity (Wildman–Crippen MR) is 292 cm³/mol. The Hall–Kier alpha value is -2.25. The smallest absolute Gasteiger partial charge is 0.309 e. The summed E-state index contributed by atoms with van der Waals surface area (Å²) in [7, 11) is 4.04. The largest absolute Gasteiger partial charge is 0.462 e. The number of rotatable bonds is 50. The fourth-order valence-electron chi connectivity index (χ4n) is 6.96. The van der Waals surface area contributed by atoms with Crippen molar-refractivity contribution >= 4 is 71.1 Å². The monoisotopic (exact) mass is 1070 g/mol. The van der Waals surface area contributed by atoms with E-state index < -0.39 is 11.9 Å². The maximum Gasteiger partial charge on any atom is 0.309 e. The number of ether oxygens (including phenoxy) is 6. The highest BCUT2D eigenvalue weighted by molar-refractivity contribution is 7.99. The molecule has 0 aromatic rings. The molecule has 0 saturated heterocycles. The Bertz CT molecular complexity index is 1310. The summed E-state index contributed by atoms with van der Waals surface area (Å²) >= 11 is 5.28. The molecule has 0 aromatic heterocycles. The van der Waals surface area contributed by atoms with Crippen molar-refractivity contribution in [1.29, 1.82) is 0 Å². The summed E-state index contributed by atoms with van der Waals surface area (Å²) in [5.74, 6) is 2.36. The van der Waals surface area contributed by atoms with Crippen LogP contribution in [0.5, 0.6) is 0 Å². The first-order valence-corrected chi connectivity index (χ1v) is 30.5. The number of nitrogens with zero attached hydrogens (tertiary/aromatic N) is 3. The molecule has 0 aliphatic heterocycles. The van der Waals surface area contributed by atoms with E-state index in [4.69, 9.17) is 28.4 Å². The number of esters is 6. The van der Waals surface area contributed by atoms with Crippen LogP contribution in [-0.2, 0) is 57.2 Å². The van der Waals surface area contributed by atoms with E-state index in [2.05, 4.69) is 30.6 Å². The number of thioether (sulfide) groups is 3. The van der Waals surface area contributed by atoms with Crippen molar-refractivity contribution in [3.63, 3.8) is 0 Å². The minimum atomic E-state index is -0.435. The van der Waals surface area contributed by atoms with Gasteiger partial charge in [-0.3, -0.25) is 28.8 Å². The van der Waals surface area contributed by atoms with Crippen molar-refractivity contribution in [2.24, 2.45) is 17.8 Å². The third kappa shape index (κ3) is 43.8. The van der Waals surface area contributed by atoms with Gasteiger partial charge in [-0.05, 0) is 89.6 Å². The van der Waals surface area contributed by atoms with Crippen molar-refractivity contribution in [3.8, 4) is 0 Å². The van der Waals surface area contributed by atoms with Crippen molar-refractivity contribution in [3.05, 3.63) is 0 Å². The molecule has 0 aromatic carbocycles. The summed E-state index contributed by atoms with van der Waals surface area (Å²) in [6, 6.07) is 0. The van der Waals surface area contributed by atoms with E-state index in [0.717, 1.165) is 56.0 Å². The lowest BCUT2D eigenvalue weighted by Gasteiger charge is -2.26. The van der Waals surface area contributed by atoms with Gasteiger partial charge in [-0.2, -0.15) is 35.3 Å². The third-order valence-corrected chi connectivity index (χ3v) is 15.4. The van der Waals surface area contributed by atoms with Gasteiger partial charge in [0.25, 0.3) is 0 Å². The van der Waals surface area contributed by atoms with E-state index in [-0.39, 0.29) is 101 Å². The van der Waals surface area contributed by atoms with E-state index in [1.54, 1.807) is 35.3 Å². The topological polar surface area (TPSA) is 168 Å². The van der Waals surface area contributed by atoms with Gasteiger partial charge in [-0.25, -0.2) is 0 Å². The highest BCUT2D eigenvalue weighted by Crippen LogP contribution is 2.16. The fourth-order valence-corrected chi connectivity index (χ4v) is 10.2. The van der Waals surface area contributed by atoms with Gasteiger partial charge in [0.2, 0.25) is 0 Å². The number of unbranched alkanes of at least 4 members (excludes halogenated alkanes) is 9. The normalized spacial score (nSPS) is 12.7. The number of hydrogen-bond acceptors (Lipinski definition) is 18. The maximum absolute atomic E-state index is 12.8. The quantitative estimate of drug-likeness (QED) is 0.0321. The molecule has 18 heteroatoms. The summed E-state index contributed by atoms with van der Waals surface area (Å²) in [6.45, 7) is 16.1. The second-order valence-corrected chi connectivity index (χ2v) is 22.2. The predicted octanol–water partition coefficient (Wildman–Crippen LogP) is 9.21. The van der Waals surface area contributed by atoms with Crippen LogP contribution in [0.4, 0.5) is 0 Å². The van der Waals surface area contributed by atoms with Crippen LogP contribution in [0.15, 0.2) is 0 Å². The molecule has 0 radical (unpaired) electrons. The zero-order valence-corrected chi connectivity index (χ0v) is 48.1. The SMILES string of the molecule is CCCCCCSCC(C)C(=O)OCCOC(=O)CCN(CCCN(C)C)CCCN(CCC(=O)OCCOC(=O)C(C)CSCCCCCC)CCC(=O)OCCOC(=O)C(C)CSCCCCCC. The van der Waals surface area contributed by atoms with Crippen LogP contribution in [-0.4, -0.2) is 185 Å². The van der Waals surface area contributed by atoms with Crippen molar-refractivity contribution in [2.45, 2.75) is 151 Å². The number of carbonyl (C=O) groups excluding carboxylic acids is 6. The van der Waals surface area contributed by atoms with E-state index in [0.29, 0.717) is 56.4 Å². The Morgan fingerprint density at radius 3 is 0.944 bits per heavy atom. The fraction of sp³-hybridized carbons (Fsp3) is 0.887. The van der Waals surface area contributed by atoms with Crippen LogP contribution in [0.25, 0.3) is 0 Å². The van der Waals surface area contributed by atoms with Gasteiger partial charge in [0.05, 0.1) is 37.0 Å². The summed E-state index contributed by atoms with van der Waals surface area (Å²) in [5.41, 5.74) is 0. The Kier molecular flexibility index (Phi) is 47.1. The minimum absolute atomic E-state index is 0.00765. The molecule has 0 rings (SSSR count). The van der Waals surface area contributed by atoms with Crippen molar-refractivity contribution in [2.75, 3.05) is 134 Å². The molecule has 0 amide bonds. The minimum Gasteiger partial charge on any atom is -0.462 e.